The number of phenols is 1. The molecule has 3 N–H and O–H groups in total. The third-order valence-electron chi connectivity index (χ3n) is 7.13. The number of furan rings is 1. The molecule has 2 aliphatic heterocycles. The SMILES string of the molecule is CNC(=O)c1cc2cc(-c3ccc(N(C)C4C[C@]5(C)CC[C@](C)(C4)N5)nn3)c(O)cc2o1. The number of amides is 1. The molecule has 1 unspecified atom stereocenters. The molecule has 5 rings (SSSR count). The molecule has 3 aromatic rings. The van der Waals surface area contributed by atoms with E-state index >= 15 is 0 Å². The monoisotopic (exact) mass is 435 g/mol. The number of rotatable bonds is 4. The summed E-state index contributed by atoms with van der Waals surface area (Å²) in [5, 5.41) is 26.5. The highest BCUT2D eigenvalue weighted by Crippen LogP contribution is 2.44. The van der Waals surface area contributed by atoms with Crippen LogP contribution in [0.1, 0.15) is 50.1 Å². The number of piperidine rings is 1. The predicted octanol–water partition coefficient (Wildman–Crippen LogP) is 3.45. The Bertz CT molecular complexity index is 1170. The molecule has 0 spiro atoms. The zero-order valence-corrected chi connectivity index (χ0v) is 18.9. The number of nitrogens with zero attached hydrogens (tertiary/aromatic N) is 3. The highest BCUT2D eigenvalue weighted by Gasteiger charge is 2.49. The van der Waals surface area contributed by atoms with E-state index in [1.807, 2.05) is 12.1 Å². The fourth-order valence-corrected chi connectivity index (χ4v) is 5.46. The van der Waals surface area contributed by atoms with Crippen LogP contribution in [-0.4, -0.2) is 52.4 Å². The number of phenolic OH excluding ortho intramolecular Hbond substituents is 1. The van der Waals surface area contributed by atoms with Crippen LogP contribution < -0.4 is 15.5 Å². The number of fused-ring (bicyclic) bond motifs is 3. The van der Waals surface area contributed by atoms with Gasteiger partial charge in [-0.25, -0.2) is 0 Å². The molecule has 2 fully saturated rings. The number of hydrogen-bond donors (Lipinski definition) is 3. The van der Waals surface area contributed by atoms with E-state index in [-0.39, 0.29) is 28.5 Å². The number of nitrogens with one attached hydrogen (secondary N) is 2. The zero-order valence-electron chi connectivity index (χ0n) is 18.9. The van der Waals surface area contributed by atoms with Crippen LogP contribution in [0.5, 0.6) is 5.75 Å². The standard InChI is InChI=1S/C24H29N5O3/c1-23-7-8-24(2,28-23)13-15(12-23)29(4)21-6-5-17(26-27-21)16-9-14-10-20(22(31)25-3)32-19(14)11-18(16)30/h5-6,9-11,15,28,30H,7-8,12-13H2,1-4H3,(H,25,31)/t15?,23-,24+. The summed E-state index contributed by atoms with van der Waals surface area (Å²) in [5.74, 6) is 0.725. The van der Waals surface area contributed by atoms with Crippen molar-refractivity contribution in [2.75, 3.05) is 19.0 Å². The molecule has 0 saturated carbocycles. The summed E-state index contributed by atoms with van der Waals surface area (Å²) in [6.45, 7) is 4.63. The van der Waals surface area contributed by atoms with Gasteiger partial charge in [0.1, 0.15) is 11.3 Å². The van der Waals surface area contributed by atoms with E-state index in [4.69, 9.17) is 4.42 Å². The van der Waals surface area contributed by atoms with Crippen LogP contribution in [0.3, 0.4) is 0 Å². The number of benzene rings is 1. The van der Waals surface area contributed by atoms with Gasteiger partial charge < -0.3 is 25.1 Å². The van der Waals surface area contributed by atoms with Crippen molar-refractivity contribution in [1.29, 1.82) is 0 Å². The lowest BCUT2D eigenvalue weighted by Gasteiger charge is -2.45. The molecule has 32 heavy (non-hydrogen) atoms. The van der Waals surface area contributed by atoms with E-state index in [9.17, 15) is 9.90 Å². The van der Waals surface area contributed by atoms with Gasteiger partial charge in [0.2, 0.25) is 0 Å². The van der Waals surface area contributed by atoms with Crippen LogP contribution in [-0.2, 0) is 0 Å². The topological polar surface area (TPSA) is 104 Å². The van der Waals surface area contributed by atoms with Crippen LogP contribution >= 0.6 is 0 Å². The number of aromatic hydroxyl groups is 1. The van der Waals surface area contributed by atoms with E-state index in [0.717, 1.165) is 18.7 Å². The third-order valence-corrected chi connectivity index (χ3v) is 7.13. The summed E-state index contributed by atoms with van der Waals surface area (Å²) in [6.07, 6.45) is 4.56. The van der Waals surface area contributed by atoms with Crippen molar-refractivity contribution < 1.29 is 14.3 Å². The maximum atomic E-state index is 11.8. The maximum Gasteiger partial charge on any atom is 0.286 e. The van der Waals surface area contributed by atoms with Crippen molar-refractivity contribution in [3.8, 4) is 17.0 Å². The van der Waals surface area contributed by atoms with Gasteiger partial charge in [0.05, 0.1) is 5.69 Å². The van der Waals surface area contributed by atoms with E-state index in [2.05, 4.69) is 46.6 Å². The molecule has 2 bridgehead atoms. The first-order chi connectivity index (χ1) is 15.2. The van der Waals surface area contributed by atoms with Gasteiger partial charge in [-0.05, 0) is 63.8 Å². The number of aromatic nitrogens is 2. The summed E-state index contributed by atoms with van der Waals surface area (Å²) in [7, 11) is 3.63. The molecule has 1 amide bonds. The molecule has 168 valence electrons. The molecule has 1 aromatic carbocycles. The van der Waals surface area contributed by atoms with Crippen LogP contribution in [0.2, 0.25) is 0 Å². The average Bonchev–Trinajstić information content (AvgIpc) is 3.28. The molecule has 4 heterocycles. The molecular weight excluding hydrogens is 406 g/mol. The minimum atomic E-state index is -0.316. The van der Waals surface area contributed by atoms with Gasteiger partial charge in [0.25, 0.3) is 5.91 Å². The van der Waals surface area contributed by atoms with Crippen molar-refractivity contribution in [2.24, 2.45) is 0 Å². The molecule has 2 aromatic heterocycles. The fourth-order valence-electron chi connectivity index (χ4n) is 5.46. The molecule has 8 nitrogen and oxygen atoms in total. The second-order valence-electron chi connectivity index (χ2n) is 9.79. The Morgan fingerprint density at radius 3 is 2.53 bits per heavy atom. The van der Waals surface area contributed by atoms with E-state index in [1.54, 1.807) is 19.2 Å². The Hall–Kier alpha value is -3.13. The quantitative estimate of drug-likeness (QED) is 0.577. The minimum Gasteiger partial charge on any atom is -0.507 e. The Kier molecular flexibility index (Phi) is 4.67. The van der Waals surface area contributed by atoms with Gasteiger partial charge in [-0.15, -0.1) is 10.2 Å². The van der Waals surface area contributed by atoms with Crippen molar-refractivity contribution >= 4 is 22.7 Å². The van der Waals surface area contributed by atoms with Gasteiger partial charge in [0.15, 0.2) is 11.6 Å². The Labute approximate surface area is 187 Å². The molecular formula is C24H29N5O3. The first-order valence-corrected chi connectivity index (χ1v) is 11.0. The minimum absolute atomic E-state index is 0.0292. The molecule has 8 heteroatoms. The van der Waals surface area contributed by atoms with Crippen LogP contribution in [0.15, 0.2) is 34.7 Å². The summed E-state index contributed by atoms with van der Waals surface area (Å²) >= 11 is 0. The lowest BCUT2D eigenvalue weighted by Crippen LogP contribution is -2.58. The van der Waals surface area contributed by atoms with Crippen molar-refractivity contribution in [3.63, 3.8) is 0 Å². The predicted molar refractivity (Wildman–Crippen MR) is 123 cm³/mol. The number of anilines is 1. The largest absolute Gasteiger partial charge is 0.507 e. The normalized spacial score (nSPS) is 26.9. The molecule has 2 aliphatic rings. The number of carbonyl (C=O) groups excluding carboxylic acids is 1. The molecule has 0 aliphatic carbocycles. The molecule has 3 atom stereocenters. The lowest BCUT2D eigenvalue weighted by atomic mass is 9.84. The maximum absolute atomic E-state index is 11.8. The van der Waals surface area contributed by atoms with Gasteiger partial charge >= 0.3 is 0 Å². The highest BCUT2D eigenvalue weighted by molar-refractivity contribution is 5.97. The second kappa shape index (κ2) is 7.20. The van der Waals surface area contributed by atoms with Crippen LogP contribution in [0.4, 0.5) is 5.82 Å². The highest BCUT2D eigenvalue weighted by atomic mass is 16.3. The van der Waals surface area contributed by atoms with E-state index in [0.29, 0.717) is 28.3 Å². The van der Waals surface area contributed by atoms with Gasteiger partial charge in [-0.3, -0.25) is 4.79 Å². The first-order valence-electron chi connectivity index (χ1n) is 11.0. The van der Waals surface area contributed by atoms with E-state index < -0.39 is 0 Å². The van der Waals surface area contributed by atoms with E-state index in [1.165, 1.54) is 18.9 Å². The summed E-state index contributed by atoms with van der Waals surface area (Å²) < 4.78 is 5.53. The summed E-state index contributed by atoms with van der Waals surface area (Å²) in [4.78, 5) is 14.1. The Morgan fingerprint density at radius 2 is 1.91 bits per heavy atom. The first kappa shape index (κ1) is 20.8. The van der Waals surface area contributed by atoms with Crippen molar-refractivity contribution in [2.45, 2.75) is 56.7 Å². The second-order valence-corrected chi connectivity index (χ2v) is 9.79. The third kappa shape index (κ3) is 3.48. The van der Waals surface area contributed by atoms with Crippen LogP contribution in [0.25, 0.3) is 22.2 Å². The van der Waals surface area contributed by atoms with Crippen molar-refractivity contribution in [1.82, 2.24) is 20.8 Å². The van der Waals surface area contributed by atoms with Gasteiger partial charge in [0, 0.05) is 48.2 Å². The smallest absolute Gasteiger partial charge is 0.286 e. The average molecular weight is 436 g/mol. The Morgan fingerprint density at radius 1 is 1.19 bits per heavy atom. The fraction of sp³-hybridized carbons (Fsp3) is 0.458. The summed E-state index contributed by atoms with van der Waals surface area (Å²) in [5.41, 5.74) is 1.91. The van der Waals surface area contributed by atoms with Gasteiger partial charge in [-0.2, -0.15) is 0 Å². The van der Waals surface area contributed by atoms with Crippen LogP contribution in [0, 0.1) is 0 Å². The van der Waals surface area contributed by atoms with Crippen molar-refractivity contribution in [3.05, 3.63) is 36.1 Å². The van der Waals surface area contributed by atoms with Gasteiger partial charge in [-0.1, -0.05) is 0 Å². The number of carbonyl (C=O) groups is 1. The summed E-state index contributed by atoms with van der Waals surface area (Å²) in [6, 6.07) is 9.14. The number of hydrogen-bond acceptors (Lipinski definition) is 7. The zero-order chi connectivity index (χ0) is 22.7. The molecule has 2 saturated heterocycles. The Balaban J connectivity index is 1.40. The molecule has 0 radical (unpaired) electrons. The lowest BCUT2D eigenvalue weighted by molar-refractivity contribution is 0.0937.